The molecule has 41 heavy (non-hydrogen) atoms. The normalized spacial score (nSPS) is 18.8. The number of piperidine rings is 1. The lowest BCUT2D eigenvalue weighted by Crippen LogP contribution is -2.53. The molecule has 3 atom stereocenters. The Labute approximate surface area is 242 Å². The SMILES string of the molecule is COc1ccc2cc(N(C3CCN(C(Cc4ccc(C(=N)N)cc4)C(=O)N4CCCCC4)C3=O)S(=O)[O-])ccc2c1. The molecular formula is C30H34N5O5S-. The zero-order valence-corrected chi connectivity index (χ0v) is 23.8. The molecule has 0 aliphatic carbocycles. The zero-order chi connectivity index (χ0) is 29.1. The Bertz CT molecular complexity index is 1470. The molecule has 216 valence electrons. The van der Waals surface area contributed by atoms with Gasteiger partial charge in [-0.15, -0.1) is 0 Å². The third-order valence-electron chi connectivity index (χ3n) is 7.96. The monoisotopic (exact) mass is 576 g/mol. The molecule has 3 aromatic rings. The maximum absolute atomic E-state index is 13.9. The standard InChI is InChI=1S/C30H35N5O5S/c1-40-25-12-10-22-18-24(11-9-23(22)19-25)35(41(38)39)26-13-16-34(30(26)37)27(29(36)33-14-3-2-4-15-33)17-20-5-7-21(8-6-20)28(31)32/h5-12,18-19,26-27H,2-4,13-17H2,1H3,(H3,31,32)(H,38,39)/p-1. The van der Waals surface area contributed by atoms with Crippen LogP contribution in [-0.2, 0) is 27.3 Å². The van der Waals surface area contributed by atoms with E-state index in [0.29, 0.717) is 30.1 Å². The van der Waals surface area contributed by atoms with E-state index in [1.807, 2.05) is 29.2 Å². The minimum Gasteiger partial charge on any atom is -0.755 e. The van der Waals surface area contributed by atoms with Gasteiger partial charge in [-0.3, -0.25) is 23.5 Å². The van der Waals surface area contributed by atoms with Crippen molar-refractivity contribution >= 4 is 45.4 Å². The second-order valence-corrected chi connectivity index (χ2v) is 11.3. The molecule has 0 aromatic heterocycles. The first-order valence-electron chi connectivity index (χ1n) is 13.8. The van der Waals surface area contributed by atoms with Gasteiger partial charge in [0.05, 0.1) is 7.11 Å². The number of hydrogen-bond donors (Lipinski definition) is 2. The number of carbonyl (C=O) groups is 2. The topological polar surface area (TPSA) is 143 Å². The summed E-state index contributed by atoms with van der Waals surface area (Å²) in [5, 5.41) is 9.34. The van der Waals surface area contributed by atoms with Crippen LogP contribution in [0.1, 0.15) is 36.8 Å². The summed E-state index contributed by atoms with van der Waals surface area (Å²) in [7, 11) is 1.58. The number of amidine groups is 1. The van der Waals surface area contributed by atoms with E-state index in [1.165, 1.54) is 0 Å². The first-order chi connectivity index (χ1) is 19.8. The molecule has 3 aromatic carbocycles. The number of nitrogens with one attached hydrogen (secondary N) is 1. The van der Waals surface area contributed by atoms with Crippen LogP contribution in [0.5, 0.6) is 5.75 Å². The zero-order valence-electron chi connectivity index (χ0n) is 23.0. The van der Waals surface area contributed by atoms with Crippen LogP contribution < -0.4 is 14.8 Å². The fraction of sp³-hybridized carbons (Fsp3) is 0.367. The van der Waals surface area contributed by atoms with Crippen molar-refractivity contribution in [3.8, 4) is 5.75 Å². The Kier molecular flexibility index (Phi) is 8.55. The largest absolute Gasteiger partial charge is 0.755 e. The Hall–Kier alpha value is -3.96. The highest BCUT2D eigenvalue weighted by molar-refractivity contribution is 7.80. The summed E-state index contributed by atoms with van der Waals surface area (Å²) in [5.41, 5.74) is 7.39. The Balaban J connectivity index is 1.43. The number of carbonyl (C=O) groups excluding carboxylic acids is 2. The van der Waals surface area contributed by atoms with Gasteiger partial charge in [0.2, 0.25) is 11.8 Å². The quantitative estimate of drug-likeness (QED) is 0.228. The number of anilines is 1. The van der Waals surface area contributed by atoms with Crippen LogP contribution in [0.4, 0.5) is 5.69 Å². The minimum atomic E-state index is -2.72. The van der Waals surface area contributed by atoms with Gasteiger partial charge in [0.25, 0.3) is 0 Å². The number of nitrogens with two attached hydrogens (primary N) is 1. The van der Waals surface area contributed by atoms with Gasteiger partial charge >= 0.3 is 0 Å². The molecule has 2 heterocycles. The molecule has 0 saturated carbocycles. The fourth-order valence-corrected chi connectivity index (χ4v) is 6.45. The van der Waals surface area contributed by atoms with Crippen molar-refractivity contribution in [1.29, 1.82) is 5.41 Å². The summed E-state index contributed by atoms with van der Waals surface area (Å²) in [6, 6.07) is 16.1. The third-order valence-corrected chi connectivity index (χ3v) is 8.75. The van der Waals surface area contributed by atoms with Gasteiger partial charge in [-0.2, -0.15) is 0 Å². The molecule has 0 radical (unpaired) electrons. The molecule has 2 fully saturated rings. The highest BCUT2D eigenvalue weighted by Crippen LogP contribution is 2.31. The van der Waals surface area contributed by atoms with Gasteiger partial charge in [0.15, 0.2) is 0 Å². The number of nitrogens with zero attached hydrogens (tertiary/aromatic N) is 3. The van der Waals surface area contributed by atoms with E-state index < -0.39 is 23.4 Å². The first kappa shape index (κ1) is 28.6. The third kappa shape index (κ3) is 6.06. The van der Waals surface area contributed by atoms with Crippen LogP contribution in [0.25, 0.3) is 10.8 Å². The van der Waals surface area contributed by atoms with Crippen molar-refractivity contribution < 1.29 is 23.1 Å². The van der Waals surface area contributed by atoms with E-state index in [2.05, 4.69) is 0 Å². The Morgan fingerprint density at radius 2 is 1.76 bits per heavy atom. The van der Waals surface area contributed by atoms with Crippen molar-refractivity contribution in [3.05, 3.63) is 71.8 Å². The van der Waals surface area contributed by atoms with Gasteiger partial charge in [0, 0.05) is 48.6 Å². The second-order valence-electron chi connectivity index (χ2n) is 10.5. The Morgan fingerprint density at radius 1 is 1.07 bits per heavy atom. The number of amides is 2. The molecule has 0 spiro atoms. The number of benzene rings is 3. The van der Waals surface area contributed by atoms with Crippen molar-refractivity contribution in [3.63, 3.8) is 0 Å². The van der Waals surface area contributed by atoms with Gasteiger partial charge < -0.3 is 24.8 Å². The smallest absolute Gasteiger partial charge is 0.247 e. The summed E-state index contributed by atoms with van der Waals surface area (Å²) in [6.45, 7) is 1.54. The van der Waals surface area contributed by atoms with Crippen molar-refractivity contribution in [1.82, 2.24) is 9.80 Å². The molecule has 2 amide bonds. The predicted molar refractivity (Wildman–Crippen MR) is 157 cm³/mol. The first-order valence-corrected chi connectivity index (χ1v) is 14.8. The maximum atomic E-state index is 13.9. The molecule has 3 unspecified atom stereocenters. The van der Waals surface area contributed by atoms with E-state index >= 15 is 0 Å². The Morgan fingerprint density at radius 3 is 2.41 bits per heavy atom. The second kappa shape index (κ2) is 12.3. The summed E-state index contributed by atoms with van der Waals surface area (Å²) in [5.74, 6) is 0.133. The number of rotatable bonds is 9. The van der Waals surface area contributed by atoms with Gasteiger partial charge in [-0.05, 0) is 66.3 Å². The van der Waals surface area contributed by atoms with Gasteiger partial charge in [-0.25, -0.2) is 0 Å². The number of fused-ring (bicyclic) bond motifs is 1. The molecule has 0 bridgehead atoms. The number of nitrogen functional groups attached to an aromatic ring is 1. The lowest BCUT2D eigenvalue weighted by Gasteiger charge is -2.36. The summed E-state index contributed by atoms with van der Waals surface area (Å²) >= 11 is -2.72. The van der Waals surface area contributed by atoms with E-state index in [4.69, 9.17) is 15.9 Å². The molecular weight excluding hydrogens is 542 g/mol. The maximum Gasteiger partial charge on any atom is 0.247 e. The number of ether oxygens (including phenoxy) is 1. The molecule has 10 nitrogen and oxygen atoms in total. The fourth-order valence-electron chi connectivity index (χ4n) is 5.76. The van der Waals surface area contributed by atoms with Gasteiger partial charge in [-0.1, -0.05) is 36.4 Å². The molecule has 11 heteroatoms. The number of likely N-dealkylation sites (tertiary alicyclic amines) is 2. The average Bonchev–Trinajstić information content (AvgIpc) is 3.35. The van der Waals surface area contributed by atoms with E-state index in [-0.39, 0.29) is 37.0 Å². The molecule has 2 saturated heterocycles. The van der Waals surface area contributed by atoms with E-state index in [1.54, 1.807) is 48.4 Å². The van der Waals surface area contributed by atoms with Crippen LogP contribution >= 0.6 is 0 Å². The van der Waals surface area contributed by atoms with Crippen LogP contribution in [0.3, 0.4) is 0 Å². The summed E-state index contributed by atoms with van der Waals surface area (Å²) in [6.07, 6.45) is 3.44. The lowest BCUT2D eigenvalue weighted by molar-refractivity contribution is -0.144. The van der Waals surface area contributed by atoms with Crippen molar-refractivity contribution in [2.24, 2.45) is 5.73 Å². The van der Waals surface area contributed by atoms with E-state index in [9.17, 15) is 18.4 Å². The molecule has 2 aliphatic rings. The van der Waals surface area contributed by atoms with Crippen LogP contribution in [0, 0.1) is 5.41 Å². The molecule has 3 N–H and O–H groups in total. The van der Waals surface area contributed by atoms with E-state index in [0.717, 1.165) is 39.9 Å². The minimum absolute atomic E-state index is 0.0476. The highest BCUT2D eigenvalue weighted by atomic mass is 32.2. The van der Waals surface area contributed by atoms with Crippen LogP contribution in [0.15, 0.2) is 60.7 Å². The molecule has 2 aliphatic heterocycles. The summed E-state index contributed by atoms with van der Waals surface area (Å²) < 4.78 is 31.5. The van der Waals surface area contributed by atoms with Crippen molar-refractivity contribution in [2.45, 2.75) is 44.2 Å². The lowest BCUT2D eigenvalue weighted by atomic mass is 10.0. The van der Waals surface area contributed by atoms with Gasteiger partial charge in [0.1, 0.15) is 23.7 Å². The number of methoxy groups -OCH3 is 1. The average molecular weight is 577 g/mol. The molecule has 5 rings (SSSR count). The number of hydrogen-bond acceptors (Lipinski definition) is 6. The van der Waals surface area contributed by atoms with Crippen molar-refractivity contribution in [2.75, 3.05) is 31.0 Å². The predicted octanol–water partition coefficient (Wildman–Crippen LogP) is 2.96. The highest BCUT2D eigenvalue weighted by Gasteiger charge is 2.43. The summed E-state index contributed by atoms with van der Waals surface area (Å²) in [4.78, 5) is 31.1. The van der Waals surface area contributed by atoms with Crippen LogP contribution in [-0.4, -0.2) is 75.0 Å². The van der Waals surface area contributed by atoms with Crippen LogP contribution in [0.2, 0.25) is 0 Å².